The third-order valence-corrected chi connectivity index (χ3v) is 5.59. The number of aromatic nitrogens is 1. The molecule has 1 aliphatic rings. The Morgan fingerprint density at radius 2 is 2.18 bits per heavy atom. The minimum absolute atomic E-state index is 0.0787. The van der Waals surface area contributed by atoms with Gasteiger partial charge < -0.3 is 15.7 Å². The second kappa shape index (κ2) is 7.92. The van der Waals surface area contributed by atoms with Crippen molar-refractivity contribution in [2.45, 2.75) is 64.3 Å². The molecule has 0 saturated heterocycles. The van der Waals surface area contributed by atoms with Crippen LogP contribution < -0.4 is 10.6 Å². The van der Waals surface area contributed by atoms with Crippen molar-refractivity contribution >= 4 is 17.4 Å². The molecule has 124 valence electrons. The lowest BCUT2D eigenvalue weighted by Crippen LogP contribution is -2.50. The van der Waals surface area contributed by atoms with Gasteiger partial charge in [0.1, 0.15) is 0 Å². The van der Waals surface area contributed by atoms with Gasteiger partial charge in [-0.05, 0) is 45.4 Å². The van der Waals surface area contributed by atoms with E-state index in [-0.39, 0.29) is 18.2 Å². The van der Waals surface area contributed by atoms with Gasteiger partial charge in [0.05, 0.1) is 10.7 Å². The van der Waals surface area contributed by atoms with Crippen LogP contribution in [-0.4, -0.2) is 34.8 Å². The first-order valence-corrected chi connectivity index (χ1v) is 9.02. The first-order valence-electron chi connectivity index (χ1n) is 8.20. The number of nitrogens with one attached hydrogen (secondary N) is 2. The lowest BCUT2D eigenvalue weighted by Gasteiger charge is -2.28. The highest BCUT2D eigenvalue weighted by molar-refractivity contribution is 7.11. The molecule has 1 atom stereocenters. The number of fused-ring (bicyclic) bond motifs is 1. The van der Waals surface area contributed by atoms with Gasteiger partial charge in [-0.25, -0.2) is 9.78 Å². The molecule has 3 N–H and O–H groups in total. The summed E-state index contributed by atoms with van der Waals surface area (Å²) >= 11 is 1.80. The number of nitrogens with zero attached hydrogens (tertiary/aromatic N) is 1. The maximum atomic E-state index is 12.0. The summed E-state index contributed by atoms with van der Waals surface area (Å²) in [5.74, 6) is 0. The lowest BCUT2D eigenvalue weighted by atomic mass is 9.95. The highest BCUT2D eigenvalue weighted by atomic mass is 32.1. The zero-order valence-corrected chi connectivity index (χ0v) is 14.4. The van der Waals surface area contributed by atoms with Crippen LogP contribution >= 0.6 is 11.3 Å². The summed E-state index contributed by atoms with van der Waals surface area (Å²) in [5, 5.41) is 16.0. The maximum absolute atomic E-state index is 12.0. The molecule has 0 spiro atoms. The molecule has 1 aliphatic carbocycles. The van der Waals surface area contributed by atoms with Crippen LogP contribution in [0.1, 0.15) is 55.1 Å². The third-order valence-electron chi connectivity index (χ3n) is 4.37. The number of carbonyl (C=O) groups excluding carboxylic acids is 1. The summed E-state index contributed by atoms with van der Waals surface area (Å²) in [6.07, 6.45) is 6.93. The smallest absolute Gasteiger partial charge is 0.315 e. The number of hydrogen-bond donors (Lipinski definition) is 3. The average Bonchev–Trinajstić information content (AvgIpc) is 2.90. The van der Waals surface area contributed by atoms with Crippen molar-refractivity contribution in [1.82, 2.24) is 15.6 Å². The van der Waals surface area contributed by atoms with E-state index in [1.807, 2.05) is 13.8 Å². The Bertz CT molecular complexity index is 480. The number of aliphatic hydroxyl groups excluding tert-OH is 1. The summed E-state index contributed by atoms with van der Waals surface area (Å²) in [6, 6.07) is -0.167. The van der Waals surface area contributed by atoms with Crippen LogP contribution in [-0.2, 0) is 19.3 Å². The van der Waals surface area contributed by atoms with Gasteiger partial charge in [-0.1, -0.05) is 6.92 Å². The molecule has 1 unspecified atom stereocenters. The monoisotopic (exact) mass is 325 g/mol. The molecular weight excluding hydrogens is 298 g/mol. The number of carbonyl (C=O) groups is 1. The number of urea groups is 1. The Kier molecular flexibility index (Phi) is 6.20. The first kappa shape index (κ1) is 17.2. The molecule has 0 aliphatic heterocycles. The molecule has 2 amide bonds. The van der Waals surface area contributed by atoms with Gasteiger partial charge in [-0.15, -0.1) is 11.3 Å². The van der Waals surface area contributed by atoms with Gasteiger partial charge in [0.15, 0.2) is 0 Å². The molecule has 0 radical (unpaired) electrons. The molecule has 0 fully saturated rings. The Balaban J connectivity index is 1.76. The molecular formula is C16H27N3O2S. The molecule has 1 aromatic rings. The number of hydrogen-bond acceptors (Lipinski definition) is 4. The van der Waals surface area contributed by atoms with E-state index in [1.165, 1.54) is 23.4 Å². The fourth-order valence-electron chi connectivity index (χ4n) is 2.69. The van der Waals surface area contributed by atoms with Gasteiger partial charge in [0.2, 0.25) is 0 Å². The topological polar surface area (TPSA) is 74.2 Å². The predicted octanol–water partition coefficient (Wildman–Crippen LogP) is 2.41. The van der Waals surface area contributed by atoms with Crippen molar-refractivity contribution < 1.29 is 9.90 Å². The highest BCUT2D eigenvalue weighted by Crippen LogP contribution is 2.26. The number of aryl methyl sites for hydroxylation is 2. The van der Waals surface area contributed by atoms with Crippen LogP contribution in [0.15, 0.2) is 0 Å². The number of amides is 2. The number of rotatable bonds is 7. The zero-order valence-electron chi connectivity index (χ0n) is 13.6. The molecule has 0 aromatic carbocycles. The van der Waals surface area contributed by atoms with Gasteiger partial charge >= 0.3 is 6.03 Å². The van der Waals surface area contributed by atoms with E-state index in [1.54, 1.807) is 11.3 Å². The largest absolute Gasteiger partial charge is 0.396 e. The van der Waals surface area contributed by atoms with Crippen LogP contribution in [0.25, 0.3) is 0 Å². The van der Waals surface area contributed by atoms with Gasteiger partial charge in [0.25, 0.3) is 0 Å². The molecule has 2 rings (SSSR count). The highest BCUT2D eigenvalue weighted by Gasteiger charge is 2.23. The number of aliphatic hydroxyl groups is 1. The Hall–Kier alpha value is -1.14. The molecule has 6 heteroatoms. The molecule has 22 heavy (non-hydrogen) atoms. The van der Waals surface area contributed by atoms with E-state index in [4.69, 9.17) is 5.11 Å². The van der Waals surface area contributed by atoms with Crippen molar-refractivity contribution in [1.29, 1.82) is 0 Å². The normalized spacial score (nSPS) is 16.7. The second-order valence-electron chi connectivity index (χ2n) is 6.20. The molecule has 1 heterocycles. The van der Waals surface area contributed by atoms with E-state index in [2.05, 4.69) is 15.6 Å². The quantitative estimate of drug-likeness (QED) is 0.721. The predicted molar refractivity (Wildman–Crippen MR) is 89.4 cm³/mol. The van der Waals surface area contributed by atoms with Crippen LogP contribution in [0.5, 0.6) is 0 Å². The summed E-state index contributed by atoms with van der Waals surface area (Å²) in [6.45, 7) is 4.64. The van der Waals surface area contributed by atoms with E-state index < -0.39 is 0 Å². The van der Waals surface area contributed by atoms with E-state index in [0.717, 1.165) is 30.7 Å². The van der Waals surface area contributed by atoms with E-state index in [9.17, 15) is 4.79 Å². The van der Waals surface area contributed by atoms with Crippen molar-refractivity contribution in [3.05, 3.63) is 15.6 Å². The minimum atomic E-state index is -0.348. The van der Waals surface area contributed by atoms with Crippen LogP contribution in [0.3, 0.4) is 0 Å². The standard InChI is InChI=1S/C16H27N3O2S/c1-3-16(2,9-11-20)19-15(21)17-10-8-14-18-12-6-4-5-7-13(12)22-14/h20H,3-11H2,1-2H3,(H2,17,19,21). The Morgan fingerprint density at radius 3 is 2.86 bits per heavy atom. The molecule has 5 nitrogen and oxygen atoms in total. The summed E-state index contributed by atoms with van der Waals surface area (Å²) in [7, 11) is 0. The molecule has 0 bridgehead atoms. The summed E-state index contributed by atoms with van der Waals surface area (Å²) < 4.78 is 0. The lowest BCUT2D eigenvalue weighted by molar-refractivity contribution is 0.201. The number of thiazole rings is 1. The van der Waals surface area contributed by atoms with Crippen LogP contribution in [0.4, 0.5) is 4.79 Å². The van der Waals surface area contributed by atoms with Gasteiger partial charge in [0, 0.05) is 30.0 Å². The fourth-order valence-corrected chi connectivity index (χ4v) is 3.84. The van der Waals surface area contributed by atoms with E-state index in [0.29, 0.717) is 13.0 Å². The van der Waals surface area contributed by atoms with Crippen molar-refractivity contribution in [2.75, 3.05) is 13.2 Å². The van der Waals surface area contributed by atoms with Crippen molar-refractivity contribution in [3.8, 4) is 0 Å². The average molecular weight is 325 g/mol. The van der Waals surface area contributed by atoms with Crippen molar-refractivity contribution in [3.63, 3.8) is 0 Å². The zero-order chi connectivity index (χ0) is 16.0. The summed E-state index contributed by atoms with van der Waals surface area (Å²) in [4.78, 5) is 18.1. The second-order valence-corrected chi connectivity index (χ2v) is 7.37. The SMILES string of the molecule is CCC(C)(CCO)NC(=O)NCCc1nc2c(s1)CCCC2. The van der Waals surface area contributed by atoms with Crippen LogP contribution in [0, 0.1) is 0 Å². The van der Waals surface area contributed by atoms with Crippen molar-refractivity contribution in [2.24, 2.45) is 0 Å². The maximum Gasteiger partial charge on any atom is 0.315 e. The minimum Gasteiger partial charge on any atom is -0.396 e. The van der Waals surface area contributed by atoms with Gasteiger partial charge in [-0.2, -0.15) is 0 Å². The fraction of sp³-hybridized carbons (Fsp3) is 0.750. The third kappa shape index (κ3) is 4.68. The Labute approximate surface area is 136 Å². The Morgan fingerprint density at radius 1 is 1.41 bits per heavy atom. The molecule has 1 aromatic heterocycles. The van der Waals surface area contributed by atoms with Crippen LogP contribution in [0.2, 0.25) is 0 Å². The van der Waals surface area contributed by atoms with Gasteiger partial charge in [-0.3, -0.25) is 0 Å². The molecule has 0 saturated carbocycles. The van der Waals surface area contributed by atoms with E-state index >= 15 is 0 Å². The first-order chi connectivity index (χ1) is 10.6. The summed E-state index contributed by atoms with van der Waals surface area (Å²) in [5.41, 5.74) is 0.927.